The molecule has 0 aromatic carbocycles. The number of likely N-dealkylation sites (N-methyl/N-ethyl adjacent to an activating group) is 1. The molecule has 0 aliphatic carbocycles. The number of fused-ring (bicyclic) bond motifs is 1. The zero-order valence-electron chi connectivity index (χ0n) is 10.0. The number of nitrogen functional groups attached to an aromatic ring is 1. The Morgan fingerprint density at radius 3 is 2.60 bits per heavy atom. The molecule has 0 saturated carbocycles. The van der Waals surface area contributed by atoms with E-state index in [-0.39, 0.29) is 5.54 Å². The van der Waals surface area contributed by atoms with Crippen molar-refractivity contribution in [3.05, 3.63) is 11.3 Å². The number of hydrogen-bond acceptors (Lipinski definition) is 3. The molecule has 0 spiro atoms. The van der Waals surface area contributed by atoms with Gasteiger partial charge < -0.3 is 10.6 Å². The van der Waals surface area contributed by atoms with Gasteiger partial charge in [-0.15, -0.1) is 0 Å². The molecular formula is C11H20N4. The molecule has 1 aliphatic rings. The van der Waals surface area contributed by atoms with E-state index >= 15 is 0 Å². The third-order valence-corrected chi connectivity index (χ3v) is 2.91. The molecule has 1 aromatic rings. The quantitative estimate of drug-likeness (QED) is 0.697. The Labute approximate surface area is 91.1 Å². The van der Waals surface area contributed by atoms with Gasteiger partial charge in [0.2, 0.25) is 0 Å². The van der Waals surface area contributed by atoms with E-state index in [0.29, 0.717) is 0 Å². The van der Waals surface area contributed by atoms with Crippen molar-refractivity contribution < 1.29 is 0 Å². The number of hydrogen-bond donors (Lipinski definition) is 1. The maximum atomic E-state index is 6.14. The highest BCUT2D eigenvalue weighted by Gasteiger charge is 2.25. The Balaban J connectivity index is 2.45. The molecule has 15 heavy (non-hydrogen) atoms. The van der Waals surface area contributed by atoms with Gasteiger partial charge in [0.15, 0.2) is 0 Å². The molecule has 2 heterocycles. The second-order valence-electron chi connectivity index (χ2n) is 5.38. The number of aromatic nitrogens is 2. The summed E-state index contributed by atoms with van der Waals surface area (Å²) in [6.45, 7) is 8.39. The Morgan fingerprint density at radius 1 is 1.33 bits per heavy atom. The summed E-state index contributed by atoms with van der Waals surface area (Å²) in [6.07, 6.45) is 1.02. The molecule has 0 bridgehead atoms. The zero-order valence-corrected chi connectivity index (χ0v) is 10.0. The van der Waals surface area contributed by atoms with E-state index in [0.717, 1.165) is 31.0 Å². The topological polar surface area (TPSA) is 47.1 Å². The molecule has 0 amide bonds. The fraction of sp³-hybridized carbons (Fsp3) is 0.727. The third-order valence-electron chi connectivity index (χ3n) is 2.91. The molecule has 0 atom stereocenters. The van der Waals surface area contributed by atoms with Crippen LogP contribution in [0, 0.1) is 0 Å². The van der Waals surface area contributed by atoms with Crippen molar-refractivity contribution in [1.29, 1.82) is 0 Å². The summed E-state index contributed by atoms with van der Waals surface area (Å²) in [5.74, 6) is 0.852. The Hall–Kier alpha value is -1.03. The van der Waals surface area contributed by atoms with Crippen LogP contribution in [0.15, 0.2) is 0 Å². The first kappa shape index (κ1) is 10.5. The molecule has 4 heteroatoms. The van der Waals surface area contributed by atoms with E-state index < -0.39 is 0 Å². The fourth-order valence-corrected chi connectivity index (χ4v) is 2.06. The average Bonchev–Trinajstić information content (AvgIpc) is 2.42. The van der Waals surface area contributed by atoms with Gasteiger partial charge in [-0.05, 0) is 34.2 Å². The zero-order chi connectivity index (χ0) is 11.2. The summed E-state index contributed by atoms with van der Waals surface area (Å²) < 4.78 is 1.96. The molecule has 0 unspecified atom stereocenters. The van der Waals surface area contributed by atoms with Crippen molar-refractivity contribution in [3.63, 3.8) is 0 Å². The first-order valence-electron chi connectivity index (χ1n) is 5.45. The van der Waals surface area contributed by atoms with E-state index in [2.05, 4.69) is 37.8 Å². The van der Waals surface area contributed by atoms with Crippen LogP contribution in [-0.4, -0.2) is 28.3 Å². The van der Waals surface area contributed by atoms with Gasteiger partial charge in [-0.25, -0.2) is 4.68 Å². The Morgan fingerprint density at radius 2 is 2.00 bits per heavy atom. The number of anilines is 1. The summed E-state index contributed by atoms with van der Waals surface area (Å²) in [6, 6.07) is 0. The lowest BCUT2D eigenvalue weighted by atomic mass is 10.1. The highest BCUT2D eigenvalue weighted by Crippen LogP contribution is 2.27. The molecule has 0 radical (unpaired) electrons. The van der Waals surface area contributed by atoms with Crippen LogP contribution in [0.5, 0.6) is 0 Å². The minimum absolute atomic E-state index is 0.0278. The van der Waals surface area contributed by atoms with Gasteiger partial charge in [0.1, 0.15) is 5.82 Å². The molecule has 0 saturated heterocycles. The standard InChI is InChI=1S/C11H20N4/c1-11(2,3)15-10(12)8-5-6-14(4)7-9(8)13-15/h5-7,12H2,1-4H3. The predicted molar refractivity (Wildman–Crippen MR) is 61.7 cm³/mol. The first-order chi connectivity index (χ1) is 6.89. The molecular weight excluding hydrogens is 188 g/mol. The van der Waals surface area contributed by atoms with E-state index in [1.807, 2.05) is 4.68 Å². The lowest BCUT2D eigenvalue weighted by Crippen LogP contribution is -2.26. The highest BCUT2D eigenvalue weighted by atomic mass is 15.4. The Bertz CT molecular complexity index is 373. The number of rotatable bonds is 0. The van der Waals surface area contributed by atoms with Crippen molar-refractivity contribution in [1.82, 2.24) is 14.7 Å². The minimum atomic E-state index is -0.0278. The SMILES string of the molecule is CN1CCc2c(nn(C(C)(C)C)c2N)C1. The van der Waals surface area contributed by atoms with Crippen LogP contribution in [0.4, 0.5) is 5.82 Å². The van der Waals surface area contributed by atoms with Crippen molar-refractivity contribution in [2.45, 2.75) is 39.3 Å². The lowest BCUT2D eigenvalue weighted by Gasteiger charge is -2.21. The number of nitrogens with zero attached hydrogens (tertiary/aromatic N) is 3. The van der Waals surface area contributed by atoms with Gasteiger partial charge in [-0.2, -0.15) is 5.10 Å². The monoisotopic (exact) mass is 208 g/mol. The number of nitrogens with two attached hydrogens (primary N) is 1. The van der Waals surface area contributed by atoms with Crippen LogP contribution in [0.25, 0.3) is 0 Å². The molecule has 2 rings (SSSR count). The second-order valence-corrected chi connectivity index (χ2v) is 5.38. The lowest BCUT2D eigenvalue weighted by molar-refractivity contribution is 0.303. The van der Waals surface area contributed by atoms with Crippen LogP contribution in [0.2, 0.25) is 0 Å². The summed E-state index contributed by atoms with van der Waals surface area (Å²) in [5.41, 5.74) is 8.51. The summed E-state index contributed by atoms with van der Waals surface area (Å²) >= 11 is 0. The molecule has 0 fully saturated rings. The average molecular weight is 208 g/mol. The normalized spacial score (nSPS) is 17.9. The van der Waals surface area contributed by atoms with Crippen molar-refractivity contribution >= 4 is 5.82 Å². The molecule has 1 aliphatic heterocycles. The van der Waals surface area contributed by atoms with Crippen LogP contribution in [0.1, 0.15) is 32.0 Å². The van der Waals surface area contributed by atoms with E-state index in [9.17, 15) is 0 Å². The van der Waals surface area contributed by atoms with E-state index in [1.165, 1.54) is 5.56 Å². The first-order valence-corrected chi connectivity index (χ1v) is 5.45. The second kappa shape index (κ2) is 3.23. The van der Waals surface area contributed by atoms with Gasteiger partial charge in [0.05, 0.1) is 11.2 Å². The Kier molecular flexibility index (Phi) is 2.26. The molecule has 1 aromatic heterocycles. The van der Waals surface area contributed by atoms with Gasteiger partial charge in [-0.3, -0.25) is 0 Å². The van der Waals surface area contributed by atoms with Crippen molar-refractivity contribution in [2.24, 2.45) is 0 Å². The van der Waals surface area contributed by atoms with Gasteiger partial charge >= 0.3 is 0 Å². The van der Waals surface area contributed by atoms with Crippen LogP contribution in [-0.2, 0) is 18.5 Å². The van der Waals surface area contributed by atoms with Gasteiger partial charge in [0, 0.05) is 18.7 Å². The van der Waals surface area contributed by atoms with Crippen molar-refractivity contribution in [3.8, 4) is 0 Å². The van der Waals surface area contributed by atoms with Crippen molar-refractivity contribution in [2.75, 3.05) is 19.3 Å². The van der Waals surface area contributed by atoms with Crippen LogP contribution >= 0.6 is 0 Å². The van der Waals surface area contributed by atoms with Crippen LogP contribution < -0.4 is 5.73 Å². The van der Waals surface area contributed by atoms with Gasteiger partial charge in [-0.1, -0.05) is 0 Å². The third kappa shape index (κ3) is 1.74. The fourth-order valence-electron chi connectivity index (χ4n) is 2.06. The largest absolute Gasteiger partial charge is 0.384 e. The summed E-state index contributed by atoms with van der Waals surface area (Å²) in [4.78, 5) is 2.28. The molecule has 4 nitrogen and oxygen atoms in total. The smallest absolute Gasteiger partial charge is 0.125 e. The molecule has 2 N–H and O–H groups in total. The minimum Gasteiger partial charge on any atom is -0.384 e. The maximum Gasteiger partial charge on any atom is 0.125 e. The summed E-state index contributed by atoms with van der Waals surface area (Å²) in [5, 5.41) is 4.62. The van der Waals surface area contributed by atoms with E-state index in [4.69, 9.17) is 5.73 Å². The van der Waals surface area contributed by atoms with E-state index in [1.54, 1.807) is 0 Å². The highest BCUT2D eigenvalue weighted by molar-refractivity contribution is 5.45. The van der Waals surface area contributed by atoms with Crippen LogP contribution in [0.3, 0.4) is 0 Å². The van der Waals surface area contributed by atoms with Gasteiger partial charge in [0.25, 0.3) is 0 Å². The predicted octanol–water partition coefficient (Wildman–Crippen LogP) is 1.21. The maximum absolute atomic E-state index is 6.14. The summed E-state index contributed by atoms with van der Waals surface area (Å²) in [7, 11) is 2.12. The molecule has 84 valence electrons.